The largest absolute Gasteiger partial charge is 0.456 e. The van der Waals surface area contributed by atoms with Crippen LogP contribution in [0, 0.1) is 0 Å². The first kappa shape index (κ1) is 24.3. The fraction of sp³-hybridized carbons (Fsp3) is 0.667. The first-order valence-corrected chi connectivity index (χ1v) is 3.96. The van der Waals surface area contributed by atoms with Crippen LogP contribution in [0.15, 0.2) is 12.2 Å². The molecule has 0 saturated heterocycles. The quantitative estimate of drug-likeness (QED) is 0.326. The second kappa shape index (κ2) is 10.6. The number of halogens is 1. The van der Waals surface area contributed by atoms with Crippen LogP contribution in [0.25, 0.3) is 0 Å². The predicted octanol–water partition coefficient (Wildman–Crippen LogP) is 0.406. The van der Waals surface area contributed by atoms with Gasteiger partial charge < -0.3 is 14.7 Å². The van der Waals surface area contributed by atoms with E-state index < -0.39 is 0 Å². The normalized spacial score (nSPS) is 8.80. The Morgan fingerprint density at radius 1 is 1.33 bits per heavy atom. The van der Waals surface area contributed by atoms with Crippen LogP contribution in [0.4, 0.5) is 0 Å². The Hall–Kier alpha value is 0.0434. The summed E-state index contributed by atoms with van der Waals surface area (Å²) in [5.74, 6) is -0.302. The molecule has 0 spiro atoms. The summed E-state index contributed by atoms with van der Waals surface area (Å²) in [5.41, 5.74) is 0.455. The Balaban J connectivity index is -0.000000202. The van der Waals surface area contributed by atoms with Gasteiger partial charge in [0.25, 0.3) is 0 Å². The van der Waals surface area contributed by atoms with Crippen LogP contribution in [0.1, 0.15) is 6.92 Å². The number of ether oxygens (including phenoxy) is 1. The van der Waals surface area contributed by atoms with Crippen molar-refractivity contribution in [3.05, 3.63) is 12.2 Å². The van der Waals surface area contributed by atoms with Crippen molar-refractivity contribution in [2.75, 3.05) is 34.3 Å². The van der Waals surface area contributed by atoms with Gasteiger partial charge in [-0.15, -0.1) is 12.4 Å². The first-order chi connectivity index (χ1) is 5.33. The molecule has 0 radical (unpaired) electrons. The van der Waals surface area contributed by atoms with E-state index in [-0.39, 0.29) is 43.3 Å². The van der Waals surface area contributed by atoms with Crippen molar-refractivity contribution < 1.29 is 39.0 Å². The van der Waals surface area contributed by atoms with Gasteiger partial charge in [-0.2, -0.15) is 0 Å². The minimum absolute atomic E-state index is 0. The van der Waals surface area contributed by atoms with Crippen molar-refractivity contribution in [3.8, 4) is 0 Å². The van der Waals surface area contributed by atoms with E-state index in [1.165, 1.54) is 0 Å². The number of quaternary nitrogens is 1. The molecule has 0 atom stereocenters. The van der Waals surface area contributed by atoms with Crippen molar-refractivity contribution in [1.29, 1.82) is 0 Å². The zero-order chi connectivity index (χ0) is 9.78. The second-order valence-electron chi connectivity index (χ2n) is 3.93. The van der Waals surface area contributed by atoms with Crippen molar-refractivity contribution in [2.45, 2.75) is 6.92 Å². The first-order valence-electron chi connectivity index (χ1n) is 3.96. The number of hydrogen-bond acceptors (Lipinski definition) is 2. The zero-order valence-electron chi connectivity index (χ0n) is 10.0. The summed E-state index contributed by atoms with van der Waals surface area (Å²) >= 11 is 0. The molecule has 0 amide bonds. The van der Waals surface area contributed by atoms with Gasteiger partial charge in [-0.05, 0) is 6.92 Å². The summed E-state index contributed by atoms with van der Waals surface area (Å²) in [7, 11) is 6.15. The maximum Gasteiger partial charge on any atom is 0.333 e. The molecule has 88 valence electrons. The van der Waals surface area contributed by atoms with Crippen LogP contribution in [0.3, 0.4) is 0 Å². The van der Waals surface area contributed by atoms with E-state index in [1.807, 2.05) is 0 Å². The Kier molecular flexibility index (Phi) is 17.1. The number of likely N-dealkylation sites (N-methyl/N-ethyl adjacent to an activating group) is 1. The van der Waals surface area contributed by atoms with Crippen LogP contribution in [-0.2, 0) is 29.0 Å². The molecule has 0 heterocycles. The Morgan fingerprint density at radius 2 is 1.73 bits per heavy atom. The third-order valence-electron chi connectivity index (χ3n) is 1.34. The maximum atomic E-state index is 10.9. The Morgan fingerprint density at radius 3 is 2.00 bits per heavy atom. The number of rotatable bonds is 4. The van der Waals surface area contributed by atoms with Crippen LogP contribution in [-0.4, -0.2) is 50.2 Å². The van der Waals surface area contributed by atoms with Gasteiger partial charge >= 0.3 is 5.97 Å². The number of carbonyl (C=O) groups excluding carboxylic acids is 1. The number of nitrogens with zero attached hydrogens (tertiary/aromatic N) is 1. The van der Waals surface area contributed by atoms with Gasteiger partial charge in [0.1, 0.15) is 13.2 Å². The molecule has 0 aromatic heterocycles. The van der Waals surface area contributed by atoms with Crippen molar-refractivity contribution in [2.24, 2.45) is 0 Å². The molecule has 0 fully saturated rings. The molecule has 0 aromatic rings. The fourth-order valence-corrected chi connectivity index (χ4v) is 0.535. The average Bonchev–Trinajstić information content (AvgIpc) is 1.84. The van der Waals surface area contributed by atoms with Gasteiger partial charge in [-0.25, -0.2) is 4.79 Å². The molecule has 0 aliphatic heterocycles. The van der Waals surface area contributed by atoms with Crippen molar-refractivity contribution >= 4 is 18.4 Å². The van der Waals surface area contributed by atoms with Crippen LogP contribution < -0.4 is 0 Å². The van der Waals surface area contributed by atoms with Gasteiger partial charge in [0, 0.05) is 25.1 Å². The van der Waals surface area contributed by atoms with E-state index in [0.717, 1.165) is 11.0 Å². The van der Waals surface area contributed by atoms with Gasteiger partial charge in [-0.1, -0.05) is 6.58 Å². The molecular formula is C9H21ClNO3Zn+. The molecule has 0 bridgehead atoms. The Bertz CT molecular complexity index is 192. The predicted molar refractivity (Wildman–Crippen MR) is 59.5 cm³/mol. The van der Waals surface area contributed by atoms with Gasteiger partial charge in [0.15, 0.2) is 0 Å². The molecule has 0 unspecified atom stereocenters. The summed E-state index contributed by atoms with van der Waals surface area (Å²) in [4.78, 5) is 10.9. The van der Waals surface area contributed by atoms with E-state index in [4.69, 9.17) is 4.74 Å². The number of carbonyl (C=O) groups is 1. The summed E-state index contributed by atoms with van der Waals surface area (Å²) in [5, 5.41) is 0. The average molecular weight is 292 g/mol. The van der Waals surface area contributed by atoms with Crippen molar-refractivity contribution in [3.63, 3.8) is 0 Å². The molecule has 2 N–H and O–H groups in total. The topological polar surface area (TPSA) is 57.8 Å². The minimum Gasteiger partial charge on any atom is -0.456 e. The van der Waals surface area contributed by atoms with Gasteiger partial charge in [0.05, 0.1) is 21.1 Å². The second-order valence-corrected chi connectivity index (χ2v) is 3.93. The molecule has 0 rings (SSSR count). The molecule has 6 heteroatoms. The number of hydrogen-bond donors (Lipinski definition) is 0. The monoisotopic (exact) mass is 290 g/mol. The van der Waals surface area contributed by atoms with E-state index >= 15 is 0 Å². The van der Waals surface area contributed by atoms with Crippen LogP contribution in [0.2, 0.25) is 0 Å². The SMILES string of the molecule is C=C(C)C(=O)OCC[N+](C)(C)C.Cl.O.[Zn]. The smallest absolute Gasteiger partial charge is 0.333 e. The van der Waals surface area contributed by atoms with Crippen molar-refractivity contribution in [1.82, 2.24) is 0 Å². The van der Waals surface area contributed by atoms with E-state index in [0.29, 0.717) is 12.2 Å². The van der Waals surface area contributed by atoms with Crippen LogP contribution >= 0.6 is 12.4 Å². The maximum absolute atomic E-state index is 10.9. The molecule has 0 saturated carbocycles. The van der Waals surface area contributed by atoms with Gasteiger partial charge in [0.2, 0.25) is 0 Å². The summed E-state index contributed by atoms with van der Waals surface area (Å²) in [6, 6.07) is 0. The Labute approximate surface area is 111 Å². The fourth-order valence-electron chi connectivity index (χ4n) is 0.535. The number of esters is 1. The van der Waals surface area contributed by atoms with Crippen LogP contribution in [0.5, 0.6) is 0 Å². The van der Waals surface area contributed by atoms with Gasteiger partial charge in [-0.3, -0.25) is 0 Å². The summed E-state index contributed by atoms with van der Waals surface area (Å²) in [6.45, 7) is 6.41. The molecule has 0 aliphatic rings. The minimum atomic E-state index is -0.302. The zero-order valence-corrected chi connectivity index (χ0v) is 13.8. The molecular weight excluding hydrogens is 271 g/mol. The summed E-state index contributed by atoms with van der Waals surface area (Å²) in [6.07, 6.45) is 0. The molecule has 15 heavy (non-hydrogen) atoms. The third-order valence-corrected chi connectivity index (χ3v) is 1.34. The standard InChI is InChI=1S/C9H18NO2.ClH.H2O.Zn/c1-8(2)9(11)12-7-6-10(3,4)5;;;/h1,6-7H2,2-5H3;1H;1H2;/q+1;;;. The molecule has 0 aromatic carbocycles. The van der Waals surface area contributed by atoms with E-state index in [9.17, 15) is 4.79 Å². The summed E-state index contributed by atoms with van der Waals surface area (Å²) < 4.78 is 5.72. The van der Waals surface area contributed by atoms with E-state index in [2.05, 4.69) is 27.7 Å². The van der Waals surface area contributed by atoms with E-state index in [1.54, 1.807) is 6.92 Å². The molecule has 0 aliphatic carbocycles. The third kappa shape index (κ3) is 16.7. The molecule has 4 nitrogen and oxygen atoms in total.